The van der Waals surface area contributed by atoms with Gasteiger partial charge in [0.05, 0.1) is 7.11 Å². The zero-order valence-corrected chi connectivity index (χ0v) is 8.84. The number of rotatable bonds is 4. The highest BCUT2D eigenvalue weighted by Gasteiger charge is 2.12. The second kappa shape index (κ2) is 4.98. The van der Waals surface area contributed by atoms with Crippen molar-refractivity contribution >= 4 is 17.6 Å². The van der Waals surface area contributed by atoms with Crippen LogP contribution in [0.5, 0.6) is 5.75 Å². The Kier molecular flexibility index (Phi) is 3.91. The molecule has 82 valence electrons. The van der Waals surface area contributed by atoms with Crippen molar-refractivity contribution in [2.75, 3.05) is 7.11 Å². The van der Waals surface area contributed by atoms with Crippen LogP contribution in [0.15, 0.2) is 12.1 Å². The third-order valence-electron chi connectivity index (χ3n) is 1.95. The van der Waals surface area contributed by atoms with Crippen LogP contribution >= 0.6 is 11.6 Å². The largest absolute Gasteiger partial charge is 0.495 e. The summed E-state index contributed by atoms with van der Waals surface area (Å²) in [5.74, 6) is -1.34. The van der Waals surface area contributed by atoms with Crippen molar-refractivity contribution < 1.29 is 19.0 Å². The zero-order valence-electron chi connectivity index (χ0n) is 8.09. The SMILES string of the molecule is COc1ccc(CCC(=O)O)c(F)c1Cl. The molecule has 0 saturated carbocycles. The summed E-state index contributed by atoms with van der Waals surface area (Å²) in [6, 6.07) is 2.99. The molecule has 0 aliphatic rings. The molecule has 0 aromatic heterocycles. The molecule has 1 N–H and O–H groups in total. The topological polar surface area (TPSA) is 46.5 Å². The van der Waals surface area contributed by atoms with Gasteiger partial charge in [0.2, 0.25) is 0 Å². The number of methoxy groups -OCH3 is 1. The first-order valence-electron chi connectivity index (χ1n) is 4.29. The third-order valence-corrected chi connectivity index (χ3v) is 2.31. The number of carboxylic acid groups (broad SMARTS) is 1. The van der Waals surface area contributed by atoms with E-state index in [-0.39, 0.29) is 29.2 Å². The van der Waals surface area contributed by atoms with Crippen molar-refractivity contribution in [1.82, 2.24) is 0 Å². The molecule has 0 heterocycles. The maximum Gasteiger partial charge on any atom is 0.303 e. The first kappa shape index (κ1) is 11.8. The average molecular weight is 233 g/mol. The van der Waals surface area contributed by atoms with Gasteiger partial charge in [0.15, 0.2) is 0 Å². The molecule has 0 spiro atoms. The molecule has 15 heavy (non-hydrogen) atoms. The Morgan fingerprint density at radius 1 is 1.60 bits per heavy atom. The molecule has 0 amide bonds. The molecule has 0 aliphatic heterocycles. The smallest absolute Gasteiger partial charge is 0.303 e. The van der Waals surface area contributed by atoms with Crippen molar-refractivity contribution in [2.45, 2.75) is 12.8 Å². The minimum atomic E-state index is -0.971. The number of hydrogen-bond acceptors (Lipinski definition) is 2. The van der Waals surface area contributed by atoms with E-state index >= 15 is 0 Å². The molecule has 0 radical (unpaired) electrons. The molecular formula is C10H10ClFO3. The van der Waals surface area contributed by atoms with Gasteiger partial charge >= 0.3 is 5.97 Å². The Hall–Kier alpha value is -1.29. The van der Waals surface area contributed by atoms with Crippen molar-refractivity contribution in [3.63, 3.8) is 0 Å². The number of aryl methyl sites for hydroxylation is 1. The van der Waals surface area contributed by atoms with Crippen molar-refractivity contribution in [2.24, 2.45) is 0 Å². The van der Waals surface area contributed by atoms with Crippen LogP contribution in [0.1, 0.15) is 12.0 Å². The highest BCUT2D eigenvalue weighted by molar-refractivity contribution is 6.32. The van der Waals surface area contributed by atoms with E-state index in [1.165, 1.54) is 19.2 Å². The molecule has 1 aromatic carbocycles. The number of benzene rings is 1. The number of halogens is 2. The highest BCUT2D eigenvalue weighted by Crippen LogP contribution is 2.29. The van der Waals surface area contributed by atoms with Crippen LogP contribution in [-0.4, -0.2) is 18.2 Å². The highest BCUT2D eigenvalue weighted by atomic mass is 35.5. The Morgan fingerprint density at radius 2 is 2.27 bits per heavy atom. The molecule has 3 nitrogen and oxygen atoms in total. The fraction of sp³-hybridized carbons (Fsp3) is 0.300. The first-order chi connectivity index (χ1) is 7.06. The summed E-state index contributed by atoms with van der Waals surface area (Å²) >= 11 is 5.67. The first-order valence-corrected chi connectivity index (χ1v) is 4.66. The molecule has 0 atom stereocenters. The third kappa shape index (κ3) is 2.83. The number of carbonyl (C=O) groups is 1. The Bertz CT molecular complexity index is 379. The maximum atomic E-state index is 13.5. The van der Waals surface area contributed by atoms with Crippen molar-refractivity contribution in [3.05, 3.63) is 28.5 Å². The fourth-order valence-electron chi connectivity index (χ4n) is 1.16. The van der Waals surface area contributed by atoms with Crippen LogP contribution in [0.2, 0.25) is 5.02 Å². The van der Waals surface area contributed by atoms with Gasteiger partial charge < -0.3 is 9.84 Å². The van der Waals surface area contributed by atoms with E-state index in [9.17, 15) is 9.18 Å². The van der Waals surface area contributed by atoms with Gasteiger partial charge in [0.1, 0.15) is 16.6 Å². The standard InChI is InChI=1S/C10H10ClFO3/c1-15-7-4-2-6(3-5-8(13)14)10(12)9(7)11/h2,4H,3,5H2,1H3,(H,13,14). The molecule has 0 aliphatic carbocycles. The maximum absolute atomic E-state index is 13.5. The van der Waals surface area contributed by atoms with E-state index in [1.54, 1.807) is 0 Å². The Balaban J connectivity index is 2.91. The predicted molar refractivity (Wildman–Crippen MR) is 53.9 cm³/mol. The van der Waals surface area contributed by atoms with Gasteiger partial charge in [-0.3, -0.25) is 4.79 Å². The summed E-state index contributed by atoms with van der Waals surface area (Å²) < 4.78 is 18.3. The number of ether oxygens (including phenoxy) is 1. The summed E-state index contributed by atoms with van der Waals surface area (Å²) in [6.07, 6.45) is -0.00947. The summed E-state index contributed by atoms with van der Waals surface area (Å²) in [5.41, 5.74) is 0.281. The summed E-state index contributed by atoms with van der Waals surface area (Å²) in [5, 5.41) is 8.34. The van der Waals surface area contributed by atoms with Crippen molar-refractivity contribution in [3.8, 4) is 5.75 Å². The minimum Gasteiger partial charge on any atom is -0.495 e. The van der Waals surface area contributed by atoms with Crippen LogP contribution in [0, 0.1) is 5.82 Å². The van der Waals surface area contributed by atoms with Crippen LogP contribution in [-0.2, 0) is 11.2 Å². The predicted octanol–water partition coefficient (Wildman–Crippen LogP) is 2.50. The molecule has 0 unspecified atom stereocenters. The number of hydrogen-bond donors (Lipinski definition) is 1. The fourth-order valence-corrected chi connectivity index (χ4v) is 1.43. The van der Waals surface area contributed by atoms with Crippen LogP contribution in [0.25, 0.3) is 0 Å². The van der Waals surface area contributed by atoms with E-state index in [0.717, 1.165) is 0 Å². The van der Waals surface area contributed by atoms with Gasteiger partial charge in [-0.15, -0.1) is 0 Å². The van der Waals surface area contributed by atoms with Crippen LogP contribution in [0.3, 0.4) is 0 Å². The quantitative estimate of drug-likeness (QED) is 0.868. The van der Waals surface area contributed by atoms with Gasteiger partial charge in [-0.05, 0) is 18.1 Å². The van der Waals surface area contributed by atoms with E-state index < -0.39 is 11.8 Å². The molecule has 0 fully saturated rings. The Morgan fingerprint density at radius 3 is 2.80 bits per heavy atom. The van der Waals surface area contributed by atoms with Crippen LogP contribution < -0.4 is 4.74 Å². The molecule has 0 saturated heterocycles. The summed E-state index contributed by atoms with van der Waals surface area (Å²) in [7, 11) is 1.39. The van der Waals surface area contributed by atoms with Gasteiger partial charge in [-0.2, -0.15) is 0 Å². The average Bonchev–Trinajstić information content (AvgIpc) is 2.20. The Labute approximate surface area is 91.4 Å². The lowest BCUT2D eigenvalue weighted by Crippen LogP contribution is -2.00. The second-order valence-corrected chi connectivity index (χ2v) is 3.33. The molecule has 0 bridgehead atoms. The normalized spacial score (nSPS) is 10.1. The van der Waals surface area contributed by atoms with Crippen molar-refractivity contribution in [1.29, 1.82) is 0 Å². The summed E-state index contributed by atoms with van der Waals surface area (Å²) in [6.45, 7) is 0. The lowest BCUT2D eigenvalue weighted by molar-refractivity contribution is -0.136. The summed E-state index contributed by atoms with van der Waals surface area (Å²) in [4.78, 5) is 10.3. The van der Waals surface area contributed by atoms with E-state index in [1.807, 2.05) is 0 Å². The van der Waals surface area contributed by atoms with E-state index in [4.69, 9.17) is 21.4 Å². The minimum absolute atomic E-state index is 0.111. The van der Waals surface area contributed by atoms with E-state index in [2.05, 4.69) is 0 Å². The number of carboxylic acids is 1. The molecule has 1 aromatic rings. The monoisotopic (exact) mass is 232 g/mol. The van der Waals surface area contributed by atoms with Gasteiger partial charge in [0, 0.05) is 6.42 Å². The zero-order chi connectivity index (χ0) is 11.4. The lowest BCUT2D eigenvalue weighted by Gasteiger charge is -2.07. The van der Waals surface area contributed by atoms with E-state index in [0.29, 0.717) is 0 Å². The van der Waals surface area contributed by atoms with Gasteiger partial charge in [-0.1, -0.05) is 17.7 Å². The molecule has 1 rings (SSSR count). The van der Waals surface area contributed by atoms with Gasteiger partial charge in [-0.25, -0.2) is 4.39 Å². The molecule has 5 heteroatoms. The lowest BCUT2D eigenvalue weighted by atomic mass is 10.1. The second-order valence-electron chi connectivity index (χ2n) is 2.95. The molecular weight excluding hydrogens is 223 g/mol. The number of aliphatic carboxylic acids is 1. The van der Waals surface area contributed by atoms with Gasteiger partial charge in [0.25, 0.3) is 0 Å². The van der Waals surface area contributed by atoms with Crippen LogP contribution in [0.4, 0.5) is 4.39 Å².